The van der Waals surface area contributed by atoms with Gasteiger partial charge in [-0.3, -0.25) is 0 Å². The zero-order chi connectivity index (χ0) is 13.1. The Bertz CT molecular complexity index is 368. The highest BCUT2D eigenvalue weighted by Gasteiger charge is 2.31. The van der Waals surface area contributed by atoms with Crippen molar-refractivity contribution in [3.8, 4) is 0 Å². The van der Waals surface area contributed by atoms with E-state index in [9.17, 15) is 4.79 Å². The summed E-state index contributed by atoms with van der Waals surface area (Å²) in [6, 6.07) is 0. The molecule has 0 bridgehead atoms. The molecule has 0 saturated carbocycles. The van der Waals surface area contributed by atoms with Crippen molar-refractivity contribution < 1.29 is 13.9 Å². The molecule has 0 spiro atoms. The summed E-state index contributed by atoms with van der Waals surface area (Å²) in [5, 5.41) is 2.81. The minimum Gasteiger partial charge on any atom is -0.446 e. The summed E-state index contributed by atoms with van der Waals surface area (Å²) in [6.07, 6.45) is 3.17. The maximum absolute atomic E-state index is 11.7. The standard InChI is InChI=1S/C12H20N2O3/c1-6-12(5,9-7-13-8-16-9)14-10(15)17-11(2,3)4/h7-8H,6H2,1-5H3,(H,14,15). The molecule has 1 amide bonds. The van der Waals surface area contributed by atoms with Crippen LogP contribution in [0.3, 0.4) is 0 Å². The van der Waals surface area contributed by atoms with Crippen LogP contribution in [0.4, 0.5) is 4.79 Å². The van der Waals surface area contributed by atoms with Gasteiger partial charge in [0.25, 0.3) is 0 Å². The molecule has 1 rings (SSSR count). The number of alkyl carbamates (subject to hydrolysis) is 1. The van der Waals surface area contributed by atoms with Crippen molar-refractivity contribution in [1.29, 1.82) is 0 Å². The molecular weight excluding hydrogens is 220 g/mol. The molecule has 1 unspecified atom stereocenters. The van der Waals surface area contributed by atoms with Crippen molar-refractivity contribution in [1.82, 2.24) is 10.3 Å². The normalized spacial score (nSPS) is 15.1. The fraction of sp³-hybridized carbons (Fsp3) is 0.667. The van der Waals surface area contributed by atoms with Crippen LogP contribution < -0.4 is 5.32 Å². The average Bonchev–Trinajstić information content (AvgIpc) is 2.67. The van der Waals surface area contributed by atoms with Gasteiger partial charge in [0, 0.05) is 0 Å². The Kier molecular flexibility index (Phi) is 3.80. The van der Waals surface area contributed by atoms with Crippen molar-refractivity contribution in [2.45, 2.75) is 52.2 Å². The number of nitrogens with zero attached hydrogens (tertiary/aromatic N) is 1. The van der Waals surface area contributed by atoms with Gasteiger partial charge in [-0.15, -0.1) is 0 Å². The smallest absolute Gasteiger partial charge is 0.408 e. The Hall–Kier alpha value is -1.52. The highest BCUT2D eigenvalue weighted by Crippen LogP contribution is 2.24. The summed E-state index contributed by atoms with van der Waals surface area (Å²) in [6.45, 7) is 9.30. The van der Waals surface area contributed by atoms with E-state index in [2.05, 4.69) is 10.3 Å². The number of oxazole rings is 1. The van der Waals surface area contributed by atoms with Crippen LogP contribution in [-0.4, -0.2) is 16.7 Å². The largest absolute Gasteiger partial charge is 0.446 e. The predicted molar refractivity (Wildman–Crippen MR) is 63.5 cm³/mol. The van der Waals surface area contributed by atoms with Gasteiger partial charge < -0.3 is 14.5 Å². The van der Waals surface area contributed by atoms with Crippen LogP contribution in [0.5, 0.6) is 0 Å². The van der Waals surface area contributed by atoms with Crippen LogP contribution in [0.1, 0.15) is 46.8 Å². The molecule has 0 fully saturated rings. The lowest BCUT2D eigenvalue weighted by molar-refractivity contribution is 0.0444. The third kappa shape index (κ3) is 3.76. The summed E-state index contributed by atoms with van der Waals surface area (Å²) in [5.41, 5.74) is -1.11. The van der Waals surface area contributed by atoms with E-state index >= 15 is 0 Å². The predicted octanol–water partition coefficient (Wildman–Crippen LogP) is 2.82. The second kappa shape index (κ2) is 4.77. The number of hydrogen-bond donors (Lipinski definition) is 1. The first-order valence-electron chi connectivity index (χ1n) is 5.67. The number of amides is 1. The molecule has 1 atom stereocenters. The number of aromatic nitrogens is 1. The van der Waals surface area contributed by atoms with E-state index in [0.717, 1.165) is 0 Å². The number of ether oxygens (including phenoxy) is 1. The van der Waals surface area contributed by atoms with Crippen molar-refractivity contribution in [3.63, 3.8) is 0 Å². The maximum Gasteiger partial charge on any atom is 0.408 e. The molecule has 5 heteroatoms. The molecule has 17 heavy (non-hydrogen) atoms. The van der Waals surface area contributed by atoms with Crippen molar-refractivity contribution in [2.75, 3.05) is 0 Å². The molecule has 0 saturated heterocycles. The van der Waals surface area contributed by atoms with Crippen LogP contribution in [0, 0.1) is 0 Å². The Morgan fingerprint density at radius 2 is 2.12 bits per heavy atom. The zero-order valence-electron chi connectivity index (χ0n) is 11.0. The number of carbonyl (C=O) groups excluding carboxylic acids is 1. The monoisotopic (exact) mass is 240 g/mol. The van der Waals surface area contributed by atoms with E-state index in [1.54, 1.807) is 6.20 Å². The van der Waals surface area contributed by atoms with Crippen molar-refractivity contribution in [3.05, 3.63) is 18.4 Å². The van der Waals surface area contributed by atoms with Crippen LogP contribution in [0.2, 0.25) is 0 Å². The van der Waals surface area contributed by atoms with E-state index in [-0.39, 0.29) is 0 Å². The van der Waals surface area contributed by atoms with Crippen LogP contribution in [0.25, 0.3) is 0 Å². The van der Waals surface area contributed by atoms with Crippen LogP contribution >= 0.6 is 0 Å². The fourth-order valence-electron chi connectivity index (χ4n) is 1.34. The first kappa shape index (κ1) is 13.5. The van der Waals surface area contributed by atoms with E-state index in [1.807, 2.05) is 34.6 Å². The van der Waals surface area contributed by atoms with E-state index in [1.165, 1.54) is 6.39 Å². The minimum absolute atomic E-state index is 0.460. The Labute approximate surface area is 102 Å². The van der Waals surface area contributed by atoms with Gasteiger partial charge >= 0.3 is 6.09 Å². The Morgan fingerprint density at radius 1 is 1.47 bits per heavy atom. The highest BCUT2D eigenvalue weighted by atomic mass is 16.6. The third-order valence-corrected chi connectivity index (χ3v) is 2.46. The molecule has 0 aromatic carbocycles. The van der Waals surface area contributed by atoms with Gasteiger partial charge in [-0.2, -0.15) is 0 Å². The molecule has 1 aromatic heterocycles. The number of rotatable bonds is 3. The Morgan fingerprint density at radius 3 is 2.53 bits per heavy atom. The summed E-state index contributed by atoms with van der Waals surface area (Å²) >= 11 is 0. The molecule has 5 nitrogen and oxygen atoms in total. The number of carbonyl (C=O) groups is 1. The molecule has 0 radical (unpaired) electrons. The lowest BCUT2D eigenvalue weighted by Crippen LogP contribution is -2.45. The third-order valence-electron chi connectivity index (χ3n) is 2.46. The molecule has 96 valence electrons. The second-order valence-corrected chi connectivity index (χ2v) is 5.18. The number of hydrogen-bond acceptors (Lipinski definition) is 4. The first-order chi connectivity index (χ1) is 7.77. The highest BCUT2D eigenvalue weighted by molar-refractivity contribution is 5.68. The summed E-state index contributed by atoms with van der Waals surface area (Å²) in [5.74, 6) is 0.617. The summed E-state index contributed by atoms with van der Waals surface area (Å²) in [7, 11) is 0. The quantitative estimate of drug-likeness (QED) is 0.882. The van der Waals surface area contributed by atoms with Crippen LogP contribution in [-0.2, 0) is 10.3 Å². The van der Waals surface area contributed by atoms with Crippen molar-refractivity contribution in [2.24, 2.45) is 0 Å². The molecule has 1 N–H and O–H groups in total. The summed E-state index contributed by atoms with van der Waals surface area (Å²) in [4.78, 5) is 15.6. The van der Waals surface area contributed by atoms with E-state index < -0.39 is 17.2 Å². The second-order valence-electron chi connectivity index (χ2n) is 5.18. The van der Waals surface area contributed by atoms with Crippen LogP contribution in [0.15, 0.2) is 17.0 Å². The summed E-state index contributed by atoms with van der Waals surface area (Å²) < 4.78 is 10.5. The van der Waals surface area contributed by atoms with E-state index in [4.69, 9.17) is 9.15 Å². The molecule has 1 heterocycles. The Balaban J connectivity index is 2.74. The molecule has 0 aliphatic rings. The lowest BCUT2D eigenvalue weighted by Gasteiger charge is -2.29. The molecule has 0 aliphatic heterocycles. The zero-order valence-corrected chi connectivity index (χ0v) is 11.0. The van der Waals surface area contributed by atoms with Gasteiger partial charge in [0.05, 0.1) is 11.7 Å². The lowest BCUT2D eigenvalue weighted by atomic mass is 9.96. The molecular formula is C12H20N2O3. The molecule has 1 aromatic rings. The van der Waals surface area contributed by atoms with Gasteiger partial charge in [-0.25, -0.2) is 9.78 Å². The first-order valence-corrected chi connectivity index (χ1v) is 5.67. The topological polar surface area (TPSA) is 64.4 Å². The SMILES string of the molecule is CCC(C)(NC(=O)OC(C)(C)C)c1cnco1. The number of nitrogens with one attached hydrogen (secondary N) is 1. The van der Waals surface area contributed by atoms with Gasteiger partial charge in [0.15, 0.2) is 6.39 Å². The molecule has 0 aliphatic carbocycles. The van der Waals surface area contributed by atoms with Gasteiger partial charge in [-0.1, -0.05) is 6.92 Å². The van der Waals surface area contributed by atoms with Gasteiger partial charge in [0.2, 0.25) is 0 Å². The van der Waals surface area contributed by atoms with Gasteiger partial charge in [0.1, 0.15) is 11.4 Å². The fourth-order valence-corrected chi connectivity index (χ4v) is 1.34. The average molecular weight is 240 g/mol. The van der Waals surface area contributed by atoms with Crippen molar-refractivity contribution >= 4 is 6.09 Å². The van der Waals surface area contributed by atoms with E-state index in [0.29, 0.717) is 12.2 Å². The van der Waals surface area contributed by atoms with Gasteiger partial charge in [-0.05, 0) is 34.1 Å². The minimum atomic E-state index is -0.598. The maximum atomic E-state index is 11.7.